The molecule has 0 aliphatic rings. The minimum atomic E-state index is 0.315. The van der Waals surface area contributed by atoms with Crippen LogP contribution in [0, 0.1) is 11.8 Å². The lowest BCUT2D eigenvalue weighted by Crippen LogP contribution is -2.13. The van der Waals surface area contributed by atoms with Crippen molar-refractivity contribution in [3.05, 3.63) is 0 Å². The van der Waals surface area contributed by atoms with Crippen molar-refractivity contribution in [2.45, 2.75) is 33.1 Å². The maximum Gasteiger partial charge on any atom is 0.0335 e. The van der Waals surface area contributed by atoms with E-state index >= 15 is 0 Å². The molecule has 1 heteroatoms. The van der Waals surface area contributed by atoms with Crippen LogP contribution in [0.4, 0.5) is 0 Å². The molecule has 0 bridgehead atoms. The van der Waals surface area contributed by atoms with Crippen molar-refractivity contribution < 1.29 is 0 Å². The second-order valence-corrected chi connectivity index (χ2v) is 3.47. The van der Waals surface area contributed by atoms with Crippen molar-refractivity contribution in [3.63, 3.8) is 0 Å². The van der Waals surface area contributed by atoms with Crippen molar-refractivity contribution in [1.82, 2.24) is 0 Å². The molecule has 2 atom stereocenters. The van der Waals surface area contributed by atoms with Crippen LogP contribution in [0.2, 0.25) is 0 Å². The average molecular weight is 135 g/mol. The van der Waals surface area contributed by atoms with Crippen molar-refractivity contribution in [1.29, 1.82) is 0 Å². The molecule has 0 saturated carbocycles. The van der Waals surface area contributed by atoms with Gasteiger partial charge in [0, 0.05) is 5.38 Å². The zero-order chi connectivity index (χ0) is 6.73. The highest BCUT2D eigenvalue weighted by Gasteiger charge is 2.11. The Kier molecular flexibility index (Phi) is 3.46. The number of alkyl halides is 1. The Balaban J connectivity index is 3.46. The number of hydrogen-bond donors (Lipinski definition) is 0. The second-order valence-electron chi connectivity index (χ2n) is 2.78. The summed E-state index contributed by atoms with van der Waals surface area (Å²) in [5.41, 5.74) is 0. The zero-order valence-corrected chi connectivity index (χ0v) is 6.87. The Bertz CT molecular complexity index is 49.4. The Morgan fingerprint density at radius 1 is 1.00 bits per heavy atom. The predicted octanol–water partition coefficient (Wildman–Crippen LogP) is 2.91. The monoisotopic (exact) mass is 134 g/mol. The first kappa shape index (κ1) is 8.29. The van der Waals surface area contributed by atoms with Crippen LogP contribution in [0.25, 0.3) is 0 Å². The van der Waals surface area contributed by atoms with E-state index in [9.17, 15) is 0 Å². The van der Waals surface area contributed by atoms with Gasteiger partial charge in [-0.05, 0) is 18.8 Å². The first-order chi connectivity index (χ1) is 3.55. The van der Waals surface area contributed by atoms with Crippen molar-refractivity contribution in [2.75, 3.05) is 0 Å². The molecule has 0 saturated heterocycles. The van der Waals surface area contributed by atoms with Crippen LogP contribution in [0.5, 0.6) is 0 Å². The van der Waals surface area contributed by atoms with Gasteiger partial charge in [0.1, 0.15) is 0 Å². The van der Waals surface area contributed by atoms with Gasteiger partial charge in [-0.1, -0.05) is 20.8 Å². The second kappa shape index (κ2) is 3.34. The summed E-state index contributed by atoms with van der Waals surface area (Å²) in [6.07, 6.45) is 0. The SMILES string of the molecule is CC(C)C(C)C(C)Cl. The lowest BCUT2D eigenvalue weighted by molar-refractivity contribution is 0.413. The molecule has 0 radical (unpaired) electrons. The number of rotatable bonds is 2. The predicted molar refractivity (Wildman–Crippen MR) is 39.3 cm³/mol. The van der Waals surface area contributed by atoms with E-state index in [1.807, 2.05) is 6.92 Å². The Morgan fingerprint density at radius 3 is 1.38 bits per heavy atom. The summed E-state index contributed by atoms with van der Waals surface area (Å²) in [6.45, 7) is 8.63. The van der Waals surface area contributed by atoms with E-state index in [4.69, 9.17) is 11.6 Å². The van der Waals surface area contributed by atoms with Crippen LogP contribution in [-0.4, -0.2) is 5.38 Å². The maximum absolute atomic E-state index is 5.82. The molecule has 0 aromatic rings. The van der Waals surface area contributed by atoms with Crippen molar-refractivity contribution >= 4 is 11.6 Å². The van der Waals surface area contributed by atoms with Crippen LogP contribution in [0.3, 0.4) is 0 Å². The fourth-order valence-electron chi connectivity index (χ4n) is 0.530. The number of hydrogen-bond acceptors (Lipinski definition) is 0. The van der Waals surface area contributed by atoms with Crippen LogP contribution < -0.4 is 0 Å². The van der Waals surface area contributed by atoms with Gasteiger partial charge >= 0.3 is 0 Å². The summed E-state index contributed by atoms with van der Waals surface area (Å²) in [5.74, 6) is 1.35. The first-order valence-electron chi connectivity index (χ1n) is 3.19. The fourth-order valence-corrected chi connectivity index (χ4v) is 0.821. The fraction of sp³-hybridized carbons (Fsp3) is 1.00. The normalized spacial score (nSPS) is 18.8. The summed E-state index contributed by atoms with van der Waals surface area (Å²) in [7, 11) is 0. The van der Waals surface area contributed by atoms with E-state index in [2.05, 4.69) is 20.8 Å². The molecule has 0 amide bonds. The van der Waals surface area contributed by atoms with Crippen LogP contribution in [-0.2, 0) is 0 Å². The molecule has 8 heavy (non-hydrogen) atoms. The molecule has 0 rings (SSSR count). The molecule has 0 N–H and O–H groups in total. The topological polar surface area (TPSA) is 0 Å². The van der Waals surface area contributed by atoms with Gasteiger partial charge in [-0.15, -0.1) is 11.6 Å². The molecule has 2 unspecified atom stereocenters. The highest BCUT2D eigenvalue weighted by Crippen LogP contribution is 2.17. The zero-order valence-electron chi connectivity index (χ0n) is 6.11. The molecule has 50 valence electrons. The molecular weight excluding hydrogens is 120 g/mol. The summed E-state index contributed by atoms with van der Waals surface area (Å²) >= 11 is 5.82. The average Bonchev–Trinajstić information content (AvgIpc) is 1.64. The summed E-state index contributed by atoms with van der Waals surface area (Å²) in [6, 6.07) is 0. The van der Waals surface area contributed by atoms with Gasteiger partial charge in [-0.3, -0.25) is 0 Å². The summed E-state index contributed by atoms with van der Waals surface area (Å²) < 4.78 is 0. The molecule has 0 aromatic carbocycles. The lowest BCUT2D eigenvalue weighted by Gasteiger charge is -2.16. The smallest absolute Gasteiger partial charge is 0.0335 e. The van der Waals surface area contributed by atoms with Gasteiger partial charge < -0.3 is 0 Å². The van der Waals surface area contributed by atoms with E-state index in [0.717, 1.165) is 0 Å². The summed E-state index contributed by atoms with van der Waals surface area (Å²) in [5, 5.41) is 0.315. The molecule has 0 aliphatic carbocycles. The van der Waals surface area contributed by atoms with E-state index in [-0.39, 0.29) is 0 Å². The molecular formula is C7H15Cl. The van der Waals surface area contributed by atoms with Gasteiger partial charge in [0.05, 0.1) is 0 Å². The first-order valence-corrected chi connectivity index (χ1v) is 3.63. The standard InChI is InChI=1S/C7H15Cl/c1-5(2)6(3)7(4)8/h5-7H,1-4H3. The molecule has 0 fully saturated rings. The van der Waals surface area contributed by atoms with Crippen LogP contribution >= 0.6 is 11.6 Å². The molecule has 0 spiro atoms. The third kappa shape index (κ3) is 2.56. The highest BCUT2D eigenvalue weighted by atomic mass is 35.5. The molecule has 0 aliphatic heterocycles. The Hall–Kier alpha value is 0.290. The Morgan fingerprint density at radius 2 is 1.38 bits per heavy atom. The summed E-state index contributed by atoms with van der Waals surface area (Å²) in [4.78, 5) is 0. The quantitative estimate of drug-likeness (QED) is 0.510. The molecule has 0 nitrogen and oxygen atoms in total. The van der Waals surface area contributed by atoms with Gasteiger partial charge in [0.15, 0.2) is 0 Å². The lowest BCUT2D eigenvalue weighted by atomic mass is 9.95. The van der Waals surface area contributed by atoms with E-state index in [1.54, 1.807) is 0 Å². The minimum absolute atomic E-state index is 0.315. The molecule has 0 heterocycles. The maximum atomic E-state index is 5.82. The van der Waals surface area contributed by atoms with E-state index in [0.29, 0.717) is 17.2 Å². The molecule has 0 aromatic heterocycles. The largest absolute Gasteiger partial charge is 0.123 e. The Labute approximate surface area is 57.2 Å². The number of halogens is 1. The van der Waals surface area contributed by atoms with Gasteiger partial charge in [0.2, 0.25) is 0 Å². The third-order valence-corrected chi connectivity index (χ3v) is 2.17. The third-order valence-electron chi connectivity index (χ3n) is 1.78. The van der Waals surface area contributed by atoms with Gasteiger partial charge in [-0.2, -0.15) is 0 Å². The minimum Gasteiger partial charge on any atom is -0.123 e. The van der Waals surface area contributed by atoms with Crippen LogP contribution in [0.1, 0.15) is 27.7 Å². The van der Waals surface area contributed by atoms with Gasteiger partial charge in [0.25, 0.3) is 0 Å². The van der Waals surface area contributed by atoms with Crippen LogP contribution in [0.15, 0.2) is 0 Å². The van der Waals surface area contributed by atoms with Gasteiger partial charge in [-0.25, -0.2) is 0 Å². The van der Waals surface area contributed by atoms with E-state index in [1.165, 1.54) is 0 Å². The van der Waals surface area contributed by atoms with Crippen molar-refractivity contribution in [2.24, 2.45) is 11.8 Å². The van der Waals surface area contributed by atoms with Crippen molar-refractivity contribution in [3.8, 4) is 0 Å². The van der Waals surface area contributed by atoms with E-state index < -0.39 is 0 Å². The highest BCUT2D eigenvalue weighted by molar-refractivity contribution is 6.20.